The van der Waals surface area contributed by atoms with Gasteiger partial charge in [0.2, 0.25) is 0 Å². The number of rotatable bonds is 2. The van der Waals surface area contributed by atoms with Crippen molar-refractivity contribution in [1.29, 1.82) is 0 Å². The molecule has 1 atom stereocenters. The summed E-state index contributed by atoms with van der Waals surface area (Å²) in [5, 5.41) is 0. The van der Waals surface area contributed by atoms with Gasteiger partial charge in [0.25, 0.3) is 5.91 Å². The Morgan fingerprint density at radius 2 is 1.79 bits per heavy atom. The topological polar surface area (TPSA) is 39.7 Å². The lowest BCUT2D eigenvalue weighted by Crippen LogP contribution is -2.61. The molecule has 5 nitrogen and oxygen atoms in total. The summed E-state index contributed by atoms with van der Waals surface area (Å²) >= 11 is 0. The first kappa shape index (κ1) is 15.9. The summed E-state index contributed by atoms with van der Waals surface area (Å²) in [6.07, 6.45) is 3.43. The van der Waals surface area contributed by atoms with Gasteiger partial charge in [0.05, 0.1) is 6.20 Å². The Morgan fingerprint density at radius 1 is 1.08 bits per heavy atom. The molecule has 4 saturated heterocycles. The van der Waals surface area contributed by atoms with Crippen molar-refractivity contribution >= 4 is 5.91 Å². The molecule has 24 heavy (non-hydrogen) atoms. The first-order valence-electron chi connectivity index (χ1n) is 8.68. The van der Waals surface area contributed by atoms with E-state index in [4.69, 9.17) is 0 Å². The minimum Gasteiger partial charge on any atom is -0.335 e. The largest absolute Gasteiger partial charge is 0.335 e. The van der Waals surface area contributed by atoms with Crippen molar-refractivity contribution in [3.05, 3.63) is 29.6 Å². The smallest absolute Gasteiger partial charge is 0.275 e. The summed E-state index contributed by atoms with van der Waals surface area (Å²) < 4.78 is 26.7. The van der Waals surface area contributed by atoms with Gasteiger partial charge in [0, 0.05) is 44.8 Å². The maximum atomic E-state index is 13.8. The summed E-state index contributed by atoms with van der Waals surface area (Å²) in [5.74, 6) is -1.33. The lowest BCUT2D eigenvalue weighted by Gasteiger charge is -2.50. The Kier molecular flexibility index (Phi) is 4.22. The van der Waals surface area contributed by atoms with Crippen LogP contribution in [-0.4, -0.2) is 77.4 Å². The molecule has 130 valence electrons. The SMILES string of the molecule is O=C(c1ncc(F)cc1F)N1CCN([C@H]2CN3CCC2CC3)CC1. The van der Waals surface area contributed by atoms with E-state index in [9.17, 15) is 13.6 Å². The molecule has 0 saturated carbocycles. The van der Waals surface area contributed by atoms with Crippen LogP contribution >= 0.6 is 0 Å². The van der Waals surface area contributed by atoms with E-state index < -0.39 is 17.5 Å². The fourth-order valence-corrected chi connectivity index (χ4v) is 4.33. The molecule has 0 radical (unpaired) electrons. The van der Waals surface area contributed by atoms with E-state index >= 15 is 0 Å². The summed E-state index contributed by atoms with van der Waals surface area (Å²) in [6, 6.07) is 1.30. The number of halogens is 2. The van der Waals surface area contributed by atoms with Gasteiger partial charge < -0.3 is 9.80 Å². The third-order valence-corrected chi connectivity index (χ3v) is 5.70. The van der Waals surface area contributed by atoms with Crippen LogP contribution in [0.1, 0.15) is 23.3 Å². The van der Waals surface area contributed by atoms with Crippen molar-refractivity contribution in [3.63, 3.8) is 0 Å². The quantitative estimate of drug-likeness (QED) is 0.814. The second kappa shape index (κ2) is 6.37. The predicted octanol–water partition coefficient (Wildman–Crippen LogP) is 1.21. The summed E-state index contributed by atoms with van der Waals surface area (Å²) in [5.41, 5.74) is -0.285. The van der Waals surface area contributed by atoms with Gasteiger partial charge in [-0.2, -0.15) is 0 Å². The summed E-state index contributed by atoms with van der Waals surface area (Å²) in [7, 11) is 0. The molecule has 0 aliphatic carbocycles. The second-order valence-corrected chi connectivity index (χ2v) is 7.02. The van der Waals surface area contributed by atoms with Crippen LogP contribution in [0, 0.1) is 17.6 Å². The molecule has 0 unspecified atom stereocenters. The molecule has 5 heterocycles. The summed E-state index contributed by atoms with van der Waals surface area (Å²) in [6.45, 7) is 6.32. The van der Waals surface area contributed by atoms with E-state index in [1.165, 1.54) is 25.9 Å². The zero-order chi connectivity index (χ0) is 16.7. The number of carbonyl (C=O) groups is 1. The Bertz CT molecular complexity index is 625. The number of amides is 1. The van der Waals surface area contributed by atoms with Gasteiger partial charge in [-0.15, -0.1) is 0 Å². The number of fused-ring (bicyclic) bond motifs is 3. The van der Waals surface area contributed by atoms with Gasteiger partial charge in [-0.3, -0.25) is 9.69 Å². The molecule has 1 aromatic heterocycles. The molecule has 5 rings (SSSR count). The van der Waals surface area contributed by atoms with Gasteiger partial charge in [0.1, 0.15) is 5.82 Å². The maximum absolute atomic E-state index is 13.8. The Labute approximate surface area is 140 Å². The number of piperidine rings is 3. The summed E-state index contributed by atoms with van der Waals surface area (Å²) in [4.78, 5) is 22.7. The van der Waals surface area contributed by atoms with Gasteiger partial charge in [-0.05, 0) is 31.8 Å². The van der Waals surface area contributed by atoms with Crippen LogP contribution < -0.4 is 0 Å². The van der Waals surface area contributed by atoms with Crippen molar-refractivity contribution in [2.75, 3.05) is 45.8 Å². The molecule has 1 aromatic rings. The van der Waals surface area contributed by atoms with Crippen molar-refractivity contribution in [3.8, 4) is 0 Å². The fourth-order valence-electron chi connectivity index (χ4n) is 4.33. The second-order valence-electron chi connectivity index (χ2n) is 7.02. The number of hydrogen-bond acceptors (Lipinski definition) is 4. The van der Waals surface area contributed by atoms with E-state index in [1.807, 2.05) is 0 Å². The molecular formula is C17H22F2N4O. The van der Waals surface area contributed by atoms with Crippen LogP contribution in [0.4, 0.5) is 8.78 Å². The molecule has 1 amide bonds. The van der Waals surface area contributed by atoms with E-state index in [-0.39, 0.29) is 5.69 Å². The average molecular weight is 336 g/mol. The van der Waals surface area contributed by atoms with Crippen LogP contribution in [-0.2, 0) is 0 Å². The van der Waals surface area contributed by atoms with Crippen molar-refractivity contribution < 1.29 is 13.6 Å². The molecular weight excluding hydrogens is 314 g/mol. The van der Waals surface area contributed by atoms with E-state index in [0.717, 1.165) is 31.7 Å². The number of hydrogen-bond donors (Lipinski definition) is 0. The highest BCUT2D eigenvalue weighted by atomic mass is 19.1. The number of carbonyl (C=O) groups excluding carboxylic acids is 1. The zero-order valence-corrected chi connectivity index (χ0v) is 13.6. The van der Waals surface area contributed by atoms with Crippen molar-refractivity contribution in [1.82, 2.24) is 19.7 Å². The van der Waals surface area contributed by atoms with Crippen molar-refractivity contribution in [2.45, 2.75) is 18.9 Å². The third-order valence-electron chi connectivity index (χ3n) is 5.70. The third kappa shape index (κ3) is 2.91. The highest BCUT2D eigenvalue weighted by molar-refractivity contribution is 5.92. The molecule has 4 fully saturated rings. The van der Waals surface area contributed by atoms with E-state index in [2.05, 4.69) is 14.8 Å². The molecule has 4 aliphatic rings. The lowest BCUT2D eigenvalue weighted by molar-refractivity contribution is -0.0132. The van der Waals surface area contributed by atoms with Crippen LogP contribution in [0.2, 0.25) is 0 Å². The minimum absolute atomic E-state index is 0.285. The molecule has 2 bridgehead atoms. The molecule has 0 aromatic carbocycles. The van der Waals surface area contributed by atoms with Gasteiger partial charge in [-0.25, -0.2) is 13.8 Å². The lowest BCUT2D eigenvalue weighted by atomic mass is 9.83. The van der Waals surface area contributed by atoms with E-state index in [1.54, 1.807) is 4.90 Å². The Hall–Kier alpha value is -1.60. The van der Waals surface area contributed by atoms with Crippen LogP contribution in [0.25, 0.3) is 0 Å². The van der Waals surface area contributed by atoms with Gasteiger partial charge in [0.15, 0.2) is 11.5 Å². The average Bonchev–Trinajstić information content (AvgIpc) is 2.62. The predicted molar refractivity (Wildman–Crippen MR) is 84.6 cm³/mol. The zero-order valence-electron chi connectivity index (χ0n) is 13.6. The number of aromatic nitrogens is 1. The number of nitrogens with zero attached hydrogens (tertiary/aromatic N) is 4. The maximum Gasteiger partial charge on any atom is 0.275 e. The first-order valence-corrected chi connectivity index (χ1v) is 8.68. The fraction of sp³-hybridized carbons (Fsp3) is 0.647. The normalized spacial score (nSPS) is 30.6. The standard InChI is InChI=1S/C17H22F2N4O/c18-13-9-14(19)16(20-10-13)17(24)23-7-5-22(6-8-23)15-11-21-3-1-12(15)2-4-21/h9-10,12,15H,1-8,11H2/t15-/m0/s1. The van der Waals surface area contributed by atoms with Gasteiger partial charge in [-0.1, -0.05) is 0 Å². The number of piperazine rings is 1. The van der Waals surface area contributed by atoms with Crippen LogP contribution in [0.5, 0.6) is 0 Å². The highest BCUT2D eigenvalue weighted by Gasteiger charge is 2.38. The molecule has 4 aliphatic heterocycles. The Morgan fingerprint density at radius 3 is 2.38 bits per heavy atom. The molecule has 0 spiro atoms. The van der Waals surface area contributed by atoms with Crippen LogP contribution in [0.3, 0.4) is 0 Å². The van der Waals surface area contributed by atoms with Crippen LogP contribution in [0.15, 0.2) is 12.3 Å². The molecule has 7 heteroatoms. The minimum atomic E-state index is -0.889. The van der Waals surface area contributed by atoms with E-state index in [0.29, 0.717) is 25.2 Å². The number of pyridine rings is 1. The first-order chi connectivity index (χ1) is 11.6. The Balaban J connectivity index is 1.38. The molecule has 0 N–H and O–H groups in total. The van der Waals surface area contributed by atoms with Crippen molar-refractivity contribution in [2.24, 2.45) is 5.92 Å². The van der Waals surface area contributed by atoms with Gasteiger partial charge >= 0.3 is 0 Å². The monoisotopic (exact) mass is 336 g/mol. The highest BCUT2D eigenvalue weighted by Crippen LogP contribution is 2.31.